The Morgan fingerprint density at radius 1 is 1.21 bits per heavy atom. The number of amides is 1. The molecule has 3 heterocycles. The first-order valence-corrected chi connectivity index (χ1v) is 9.40. The lowest BCUT2D eigenvalue weighted by molar-refractivity contribution is 0.0953. The number of H-pyrrole nitrogens is 1. The third-order valence-corrected chi connectivity index (χ3v) is 4.94. The number of nitrogens with one attached hydrogen (secondary N) is 2. The third kappa shape index (κ3) is 3.36. The topological polar surface area (TPSA) is 95.3 Å². The zero-order valence-corrected chi connectivity index (χ0v) is 15.9. The van der Waals surface area contributed by atoms with E-state index in [1.807, 2.05) is 38.2 Å². The minimum absolute atomic E-state index is 0.000978. The monoisotopic (exact) mass is 377 g/mol. The summed E-state index contributed by atoms with van der Waals surface area (Å²) in [5, 5.41) is 22.6. The van der Waals surface area contributed by atoms with E-state index in [0.717, 1.165) is 11.9 Å². The maximum absolute atomic E-state index is 12.6. The van der Waals surface area contributed by atoms with Crippen molar-refractivity contribution in [2.75, 3.05) is 6.54 Å². The third-order valence-electron chi connectivity index (χ3n) is 4.94. The lowest BCUT2D eigenvalue weighted by Crippen LogP contribution is -2.26. The lowest BCUT2D eigenvalue weighted by atomic mass is 10.1. The number of aromatic amines is 1. The molecular weight excluding hydrogens is 354 g/mol. The molecule has 0 fully saturated rings. The number of aliphatic hydroxyl groups is 1. The molecule has 3 aromatic heterocycles. The molecule has 7 nitrogen and oxygen atoms in total. The van der Waals surface area contributed by atoms with Crippen LogP contribution in [0.1, 0.15) is 41.7 Å². The Morgan fingerprint density at radius 2 is 2.04 bits per heavy atom. The number of rotatable bonds is 6. The fraction of sp³-hybridized carbons (Fsp3) is 0.286. The van der Waals surface area contributed by atoms with Crippen molar-refractivity contribution >= 4 is 22.5 Å². The van der Waals surface area contributed by atoms with Gasteiger partial charge in [-0.2, -0.15) is 0 Å². The molecule has 0 bridgehead atoms. The quantitative estimate of drug-likeness (QED) is 0.481. The Bertz CT molecular complexity index is 1130. The Labute approximate surface area is 162 Å². The number of aromatic nitrogens is 4. The normalized spacial score (nSPS) is 12.7. The summed E-state index contributed by atoms with van der Waals surface area (Å²) in [4.78, 5) is 15.8. The number of carbonyl (C=O) groups excluding carboxylic acids is 1. The second-order valence-corrected chi connectivity index (χ2v) is 7.26. The Kier molecular flexibility index (Phi) is 4.83. The molecule has 7 heteroatoms. The molecule has 0 aliphatic carbocycles. The van der Waals surface area contributed by atoms with Crippen molar-refractivity contribution in [3.05, 3.63) is 65.7 Å². The Balaban J connectivity index is 1.47. The molecule has 0 saturated carbocycles. The van der Waals surface area contributed by atoms with Gasteiger partial charge in [-0.05, 0) is 36.1 Å². The molecule has 1 atom stereocenters. The molecular formula is C21H23N5O2. The molecule has 4 rings (SSSR count). The molecule has 144 valence electrons. The average Bonchev–Trinajstić information content (AvgIpc) is 3.31. The summed E-state index contributed by atoms with van der Waals surface area (Å²) in [6.45, 7) is 4.35. The lowest BCUT2D eigenvalue weighted by Gasteiger charge is -2.12. The summed E-state index contributed by atoms with van der Waals surface area (Å²) in [5.74, 6) is 0.278. The molecule has 0 radical (unpaired) electrons. The summed E-state index contributed by atoms with van der Waals surface area (Å²) in [5.41, 5.74) is 3.37. The van der Waals surface area contributed by atoms with Crippen molar-refractivity contribution < 1.29 is 9.90 Å². The van der Waals surface area contributed by atoms with E-state index >= 15 is 0 Å². The number of nitrogens with zero attached hydrogens (tertiary/aromatic N) is 3. The number of fused-ring (bicyclic) bond motifs is 2. The van der Waals surface area contributed by atoms with Crippen LogP contribution in [-0.2, 0) is 6.42 Å². The highest BCUT2D eigenvalue weighted by Gasteiger charge is 2.19. The minimum atomic E-state index is -0.741. The summed E-state index contributed by atoms with van der Waals surface area (Å²) >= 11 is 0. The highest BCUT2D eigenvalue weighted by atomic mass is 16.3. The molecule has 1 amide bonds. The first kappa shape index (κ1) is 18.2. The number of carbonyl (C=O) groups is 1. The van der Waals surface area contributed by atoms with Crippen LogP contribution in [0.15, 0.2) is 48.8 Å². The zero-order valence-electron chi connectivity index (χ0n) is 15.9. The largest absolute Gasteiger partial charge is 0.385 e. The van der Waals surface area contributed by atoms with E-state index in [2.05, 4.69) is 26.6 Å². The highest BCUT2D eigenvalue weighted by molar-refractivity contribution is 5.94. The predicted octanol–water partition coefficient (Wildman–Crippen LogP) is 2.87. The van der Waals surface area contributed by atoms with E-state index in [1.54, 1.807) is 22.7 Å². The van der Waals surface area contributed by atoms with Gasteiger partial charge in [-0.3, -0.25) is 9.20 Å². The van der Waals surface area contributed by atoms with Gasteiger partial charge in [0.05, 0.1) is 5.56 Å². The maximum atomic E-state index is 12.6. The van der Waals surface area contributed by atoms with E-state index in [1.165, 1.54) is 10.9 Å². The van der Waals surface area contributed by atoms with Gasteiger partial charge in [0, 0.05) is 29.8 Å². The second kappa shape index (κ2) is 7.44. The number of benzene rings is 1. The van der Waals surface area contributed by atoms with E-state index in [4.69, 9.17) is 0 Å². The van der Waals surface area contributed by atoms with Crippen LogP contribution >= 0.6 is 0 Å². The van der Waals surface area contributed by atoms with Gasteiger partial charge in [0.2, 0.25) is 0 Å². The SMILES string of the molecule is CC(C)C(O)c1nnc2ccc(C(=O)NCCc3c[nH]c4ccccc34)cn12. The van der Waals surface area contributed by atoms with E-state index in [9.17, 15) is 9.90 Å². The fourth-order valence-corrected chi connectivity index (χ4v) is 3.29. The molecule has 3 N–H and O–H groups in total. The van der Waals surface area contributed by atoms with Crippen LogP contribution in [0.4, 0.5) is 0 Å². The van der Waals surface area contributed by atoms with Gasteiger partial charge in [0.25, 0.3) is 5.91 Å². The van der Waals surface area contributed by atoms with Crippen molar-refractivity contribution in [2.24, 2.45) is 5.92 Å². The number of hydrogen-bond donors (Lipinski definition) is 3. The van der Waals surface area contributed by atoms with Crippen LogP contribution < -0.4 is 5.32 Å². The van der Waals surface area contributed by atoms with E-state index < -0.39 is 6.10 Å². The molecule has 0 aliphatic rings. The number of aliphatic hydroxyl groups excluding tert-OH is 1. The van der Waals surface area contributed by atoms with Crippen molar-refractivity contribution in [1.82, 2.24) is 24.9 Å². The summed E-state index contributed by atoms with van der Waals surface area (Å²) < 4.78 is 1.68. The molecule has 1 aromatic carbocycles. The van der Waals surface area contributed by atoms with E-state index in [0.29, 0.717) is 23.6 Å². The van der Waals surface area contributed by atoms with Gasteiger partial charge in [-0.15, -0.1) is 10.2 Å². The van der Waals surface area contributed by atoms with Crippen LogP contribution in [0.5, 0.6) is 0 Å². The Hall–Kier alpha value is -3.19. The summed E-state index contributed by atoms with van der Waals surface area (Å²) in [6, 6.07) is 11.6. The van der Waals surface area contributed by atoms with Crippen molar-refractivity contribution in [2.45, 2.75) is 26.4 Å². The summed E-state index contributed by atoms with van der Waals surface area (Å²) in [6.07, 6.45) is 3.66. The number of para-hydroxylation sites is 1. The van der Waals surface area contributed by atoms with Crippen molar-refractivity contribution in [3.63, 3.8) is 0 Å². The van der Waals surface area contributed by atoms with Crippen LogP contribution in [0, 0.1) is 5.92 Å². The number of hydrogen-bond acceptors (Lipinski definition) is 4. The maximum Gasteiger partial charge on any atom is 0.252 e. The van der Waals surface area contributed by atoms with Crippen LogP contribution in [0.2, 0.25) is 0 Å². The predicted molar refractivity (Wildman–Crippen MR) is 107 cm³/mol. The van der Waals surface area contributed by atoms with E-state index in [-0.39, 0.29) is 11.8 Å². The molecule has 0 aliphatic heterocycles. The van der Waals surface area contributed by atoms with Crippen LogP contribution in [-0.4, -0.2) is 37.1 Å². The van der Waals surface area contributed by atoms with Crippen molar-refractivity contribution in [1.29, 1.82) is 0 Å². The summed E-state index contributed by atoms with van der Waals surface area (Å²) in [7, 11) is 0. The Morgan fingerprint density at radius 3 is 2.86 bits per heavy atom. The number of pyridine rings is 1. The van der Waals surface area contributed by atoms with Gasteiger partial charge < -0.3 is 15.4 Å². The van der Waals surface area contributed by atoms with Gasteiger partial charge in [-0.25, -0.2) is 0 Å². The van der Waals surface area contributed by atoms with Crippen molar-refractivity contribution in [3.8, 4) is 0 Å². The fourth-order valence-electron chi connectivity index (χ4n) is 3.29. The molecule has 0 spiro atoms. The molecule has 0 saturated heterocycles. The van der Waals surface area contributed by atoms with Gasteiger partial charge >= 0.3 is 0 Å². The molecule has 1 unspecified atom stereocenters. The van der Waals surface area contributed by atoms with Crippen LogP contribution in [0.3, 0.4) is 0 Å². The molecule has 4 aromatic rings. The smallest absolute Gasteiger partial charge is 0.252 e. The first-order chi connectivity index (χ1) is 13.5. The van der Waals surface area contributed by atoms with Gasteiger partial charge in [-0.1, -0.05) is 32.0 Å². The molecule has 28 heavy (non-hydrogen) atoms. The van der Waals surface area contributed by atoms with Gasteiger partial charge in [0.1, 0.15) is 6.10 Å². The zero-order chi connectivity index (χ0) is 19.7. The highest BCUT2D eigenvalue weighted by Crippen LogP contribution is 2.21. The average molecular weight is 377 g/mol. The second-order valence-electron chi connectivity index (χ2n) is 7.26. The first-order valence-electron chi connectivity index (χ1n) is 9.40. The van der Waals surface area contributed by atoms with Crippen LogP contribution in [0.25, 0.3) is 16.6 Å². The standard InChI is InChI=1S/C21H23N5O2/c1-13(2)19(27)20-25-24-18-8-7-15(12-26(18)20)21(28)22-10-9-14-11-23-17-6-4-3-5-16(14)17/h3-8,11-13,19,23,27H,9-10H2,1-2H3,(H,22,28). The van der Waals surface area contributed by atoms with Gasteiger partial charge in [0.15, 0.2) is 11.5 Å². The minimum Gasteiger partial charge on any atom is -0.385 e.